The number of aromatic nitrogens is 2. The molecule has 4 rings (SSSR count). The van der Waals surface area contributed by atoms with Crippen LogP contribution < -0.4 is 9.64 Å². The van der Waals surface area contributed by atoms with Crippen LogP contribution in [0.1, 0.15) is 27.9 Å². The van der Waals surface area contributed by atoms with Crippen LogP contribution in [0.4, 0.5) is 5.95 Å². The highest BCUT2D eigenvalue weighted by Gasteiger charge is 2.19. The molecule has 0 atom stereocenters. The molecule has 4 heteroatoms. The summed E-state index contributed by atoms with van der Waals surface area (Å²) in [6, 6.07) is 18.8. The standard InChI is InChI=1S/C22H23N3O/c1-16-6-5-7-18(12-16)15-26-21-13-17(2)23-22(24-21)25-11-10-19-8-3-4-9-20(19)14-25/h3-9,12-13H,10-11,14-15H2,1-2H3. The molecule has 0 N–H and O–H groups in total. The Labute approximate surface area is 154 Å². The summed E-state index contributed by atoms with van der Waals surface area (Å²) in [7, 11) is 0. The third kappa shape index (κ3) is 3.69. The van der Waals surface area contributed by atoms with Crippen molar-refractivity contribution in [1.29, 1.82) is 0 Å². The summed E-state index contributed by atoms with van der Waals surface area (Å²) in [5.41, 5.74) is 6.08. The Hall–Kier alpha value is -2.88. The zero-order valence-electron chi connectivity index (χ0n) is 15.3. The van der Waals surface area contributed by atoms with Crippen molar-refractivity contribution in [2.24, 2.45) is 0 Å². The topological polar surface area (TPSA) is 38.2 Å². The number of aryl methyl sites for hydroxylation is 2. The number of benzene rings is 2. The molecule has 26 heavy (non-hydrogen) atoms. The predicted molar refractivity (Wildman–Crippen MR) is 103 cm³/mol. The second-order valence-electron chi connectivity index (χ2n) is 6.87. The van der Waals surface area contributed by atoms with E-state index >= 15 is 0 Å². The van der Waals surface area contributed by atoms with E-state index in [0.29, 0.717) is 12.5 Å². The molecule has 0 fully saturated rings. The van der Waals surface area contributed by atoms with E-state index in [9.17, 15) is 0 Å². The van der Waals surface area contributed by atoms with Crippen molar-refractivity contribution in [3.63, 3.8) is 0 Å². The van der Waals surface area contributed by atoms with Gasteiger partial charge in [0.1, 0.15) is 6.61 Å². The fourth-order valence-corrected chi connectivity index (χ4v) is 3.37. The first-order valence-electron chi connectivity index (χ1n) is 9.03. The van der Waals surface area contributed by atoms with Crippen LogP contribution in [-0.2, 0) is 19.6 Å². The predicted octanol–water partition coefficient (Wildman–Crippen LogP) is 4.24. The second-order valence-corrected chi connectivity index (χ2v) is 6.87. The molecule has 132 valence electrons. The van der Waals surface area contributed by atoms with Crippen LogP contribution in [0.3, 0.4) is 0 Å². The fourth-order valence-electron chi connectivity index (χ4n) is 3.37. The molecule has 0 radical (unpaired) electrons. The first-order chi connectivity index (χ1) is 12.7. The van der Waals surface area contributed by atoms with Crippen molar-refractivity contribution in [2.75, 3.05) is 11.4 Å². The summed E-state index contributed by atoms with van der Waals surface area (Å²) >= 11 is 0. The van der Waals surface area contributed by atoms with Gasteiger partial charge in [-0.15, -0.1) is 0 Å². The summed E-state index contributed by atoms with van der Waals surface area (Å²) in [5.74, 6) is 1.38. The molecule has 2 heterocycles. The number of hydrogen-bond acceptors (Lipinski definition) is 4. The van der Waals surface area contributed by atoms with Crippen LogP contribution >= 0.6 is 0 Å². The number of rotatable bonds is 4. The van der Waals surface area contributed by atoms with E-state index in [1.54, 1.807) is 0 Å². The maximum atomic E-state index is 5.95. The molecule has 1 aromatic heterocycles. The zero-order valence-corrected chi connectivity index (χ0v) is 15.3. The molecule has 0 amide bonds. The smallest absolute Gasteiger partial charge is 0.229 e. The van der Waals surface area contributed by atoms with Crippen molar-refractivity contribution < 1.29 is 4.74 Å². The molecule has 4 nitrogen and oxygen atoms in total. The minimum Gasteiger partial charge on any atom is -0.473 e. The Kier molecular flexibility index (Phi) is 4.57. The SMILES string of the molecule is Cc1cccc(COc2cc(C)nc(N3CCc4ccccc4C3)n2)c1. The highest BCUT2D eigenvalue weighted by molar-refractivity contribution is 5.41. The van der Waals surface area contributed by atoms with Crippen LogP contribution in [0.25, 0.3) is 0 Å². The number of hydrogen-bond donors (Lipinski definition) is 0. The van der Waals surface area contributed by atoms with E-state index in [4.69, 9.17) is 4.74 Å². The number of nitrogens with zero attached hydrogens (tertiary/aromatic N) is 3. The van der Waals surface area contributed by atoms with Gasteiger partial charge in [-0.05, 0) is 37.0 Å². The van der Waals surface area contributed by atoms with Gasteiger partial charge in [-0.3, -0.25) is 0 Å². The largest absolute Gasteiger partial charge is 0.473 e. The van der Waals surface area contributed by atoms with E-state index < -0.39 is 0 Å². The number of fused-ring (bicyclic) bond motifs is 1. The van der Waals surface area contributed by atoms with Gasteiger partial charge in [-0.1, -0.05) is 54.1 Å². The lowest BCUT2D eigenvalue weighted by Crippen LogP contribution is -2.31. The quantitative estimate of drug-likeness (QED) is 0.709. The molecular weight excluding hydrogens is 322 g/mol. The van der Waals surface area contributed by atoms with E-state index in [1.807, 2.05) is 13.0 Å². The van der Waals surface area contributed by atoms with Crippen molar-refractivity contribution in [3.05, 3.63) is 82.5 Å². The van der Waals surface area contributed by atoms with Gasteiger partial charge in [-0.2, -0.15) is 4.98 Å². The second kappa shape index (κ2) is 7.16. The molecule has 0 aliphatic carbocycles. The molecule has 3 aromatic rings. The fraction of sp³-hybridized carbons (Fsp3) is 0.273. The Balaban J connectivity index is 1.51. The molecular formula is C22H23N3O. The number of anilines is 1. The van der Waals surface area contributed by atoms with Crippen molar-refractivity contribution in [2.45, 2.75) is 33.4 Å². The van der Waals surface area contributed by atoms with Gasteiger partial charge in [0.25, 0.3) is 0 Å². The lowest BCUT2D eigenvalue weighted by Gasteiger charge is -2.29. The van der Waals surface area contributed by atoms with E-state index in [-0.39, 0.29) is 0 Å². The van der Waals surface area contributed by atoms with Crippen molar-refractivity contribution >= 4 is 5.95 Å². The molecule has 0 saturated heterocycles. The van der Waals surface area contributed by atoms with Crippen LogP contribution in [-0.4, -0.2) is 16.5 Å². The third-order valence-electron chi connectivity index (χ3n) is 4.70. The Morgan fingerprint density at radius 3 is 2.65 bits per heavy atom. The summed E-state index contributed by atoms with van der Waals surface area (Å²) in [4.78, 5) is 11.5. The highest BCUT2D eigenvalue weighted by Crippen LogP contribution is 2.24. The molecule has 2 aromatic carbocycles. The summed E-state index contributed by atoms with van der Waals surface area (Å²) in [5, 5.41) is 0. The third-order valence-corrected chi connectivity index (χ3v) is 4.70. The van der Waals surface area contributed by atoms with E-state index in [1.165, 1.54) is 16.7 Å². The molecule has 0 unspecified atom stereocenters. The normalized spacial score (nSPS) is 13.4. The first-order valence-corrected chi connectivity index (χ1v) is 9.03. The number of ether oxygens (including phenoxy) is 1. The summed E-state index contributed by atoms with van der Waals surface area (Å²) < 4.78 is 5.95. The Morgan fingerprint density at radius 2 is 1.81 bits per heavy atom. The maximum absolute atomic E-state index is 5.95. The van der Waals surface area contributed by atoms with Crippen LogP contribution in [0.15, 0.2) is 54.6 Å². The molecule has 1 aliphatic heterocycles. The lowest BCUT2D eigenvalue weighted by molar-refractivity contribution is 0.293. The van der Waals surface area contributed by atoms with E-state index in [2.05, 4.69) is 70.3 Å². The van der Waals surface area contributed by atoms with Gasteiger partial charge in [-0.25, -0.2) is 4.98 Å². The molecule has 0 bridgehead atoms. The van der Waals surface area contributed by atoms with E-state index in [0.717, 1.165) is 36.7 Å². The zero-order chi connectivity index (χ0) is 17.9. The lowest BCUT2D eigenvalue weighted by atomic mass is 10.0. The first kappa shape index (κ1) is 16.6. The Bertz CT molecular complexity index is 923. The average molecular weight is 345 g/mol. The van der Waals surface area contributed by atoms with Gasteiger partial charge < -0.3 is 9.64 Å². The molecule has 0 saturated carbocycles. The van der Waals surface area contributed by atoms with Gasteiger partial charge in [0, 0.05) is 24.8 Å². The maximum Gasteiger partial charge on any atom is 0.229 e. The highest BCUT2D eigenvalue weighted by atomic mass is 16.5. The minimum atomic E-state index is 0.514. The van der Waals surface area contributed by atoms with Gasteiger partial charge in [0.05, 0.1) is 0 Å². The van der Waals surface area contributed by atoms with Gasteiger partial charge >= 0.3 is 0 Å². The molecule has 1 aliphatic rings. The summed E-state index contributed by atoms with van der Waals surface area (Å²) in [6.07, 6.45) is 1.02. The molecule has 0 spiro atoms. The minimum absolute atomic E-state index is 0.514. The monoisotopic (exact) mass is 345 g/mol. The van der Waals surface area contributed by atoms with Crippen LogP contribution in [0.5, 0.6) is 5.88 Å². The Morgan fingerprint density at radius 1 is 0.962 bits per heavy atom. The average Bonchev–Trinajstić information content (AvgIpc) is 2.66. The van der Waals surface area contributed by atoms with Crippen LogP contribution in [0, 0.1) is 13.8 Å². The van der Waals surface area contributed by atoms with Gasteiger partial charge in [0.2, 0.25) is 11.8 Å². The van der Waals surface area contributed by atoms with Crippen molar-refractivity contribution in [3.8, 4) is 5.88 Å². The van der Waals surface area contributed by atoms with Crippen LogP contribution in [0.2, 0.25) is 0 Å². The van der Waals surface area contributed by atoms with Gasteiger partial charge in [0.15, 0.2) is 0 Å². The summed E-state index contributed by atoms with van der Waals surface area (Å²) in [6.45, 7) is 6.36. The van der Waals surface area contributed by atoms with Crippen molar-refractivity contribution in [1.82, 2.24) is 9.97 Å².